The summed E-state index contributed by atoms with van der Waals surface area (Å²) in [7, 11) is 0. The van der Waals surface area contributed by atoms with Gasteiger partial charge in [0.1, 0.15) is 5.76 Å². The molecule has 0 amide bonds. The monoisotopic (exact) mass is 142 g/mol. The molecule has 1 aromatic heterocycles. The van der Waals surface area contributed by atoms with E-state index >= 15 is 0 Å². The van der Waals surface area contributed by atoms with Gasteiger partial charge < -0.3 is 10.3 Å². The maximum Gasteiger partial charge on any atom is 0.280 e. The molecule has 4 nitrogen and oxygen atoms in total. The molecule has 56 valence electrons. The summed E-state index contributed by atoms with van der Waals surface area (Å²) in [4.78, 5) is 10.5. The number of nitrogens with one attached hydrogen (secondary N) is 1. The van der Waals surface area contributed by atoms with Crippen LogP contribution >= 0.6 is 0 Å². The summed E-state index contributed by atoms with van der Waals surface area (Å²) >= 11 is 0. The van der Waals surface area contributed by atoms with Crippen molar-refractivity contribution in [1.29, 1.82) is 0 Å². The molecule has 4 heteroatoms. The first-order valence-corrected chi connectivity index (χ1v) is 3.12. The van der Waals surface area contributed by atoms with Crippen LogP contribution in [0.25, 0.3) is 0 Å². The van der Waals surface area contributed by atoms with Gasteiger partial charge in [-0.2, -0.15) is 5.16 Å². The van der Waals surface area contributed by atoms with E-state index in [1.165, 1.54) is 6.07 Å². The molecule has 1 rings (SSSR count). The van der Waals surface area contributed by atoms with E-state index in [0.29, 0.717) is 12.3 Å². The molecule has 0 aromatic carbocycles. The number of aromatic amines is 1. The van der Waals surface area contributed by atoms with Crippen molar-refractivity contribution >= 4 is 0 Å². The van der Waals surface area contributed by atoms with E-state index in [1.54, 1.807) is 0 Å². The van der Waals surface area contributed by atoms with Gasteiger partial charge in [0.05, 0.1) is 0 Å². The highest BCUT2D eigenvalue weighted by molar-refractivity contribution is 5.00. The molecule has 0 spiro atoms. The summed E-state index contributed by atoms with van der Waals surface area (Å²) in [6.07, 6.45) is 0. The molecule has 0 radical (unpaired) electrons. The number of hydrogen-bond donors (Lipinski definition) is 2. The van der Waals surface area contributed by atoms with Crippen LogP contribution in [0.5, 0.6) is 0 Å². The summed E-state index contributed by atoms with van der Waals surface area (Å²) in [5.74, 6) is 0.728. The minimum atomic E-state index is -0.213. The molecular weight excluding hydrogens is 132 g/mol. The maximum atomic E-state index is 10.5. The van der Waals surface area contributed by atoms with Crippen molar-refractivity contribution in [3.05, 3.63) is 22.2 Å². The van der Waals surface area contributed by atoms with Crippen LogP contribution in [0.15, 0.2) is 15.4 Å². The molecule has 1 unspecified atom stereocenters. The lowest BCUT2D eigenvalue weighted by atomic mass is 10.1. The van der Waals surface area contributed by atoms with E-state index in [2.05, 4.69) is 5.16 Å². The topological polar surface area (TPSA) is 72.0 Å². The van der Waals surface area contributed by atoms with Gasteiger partial charge >= 0.3 is 0 Å². The Balaban J connectivity index is 2.84. The highest BCUT2D eigenvalue weighted by Crippen LogP contribution is 2.08. The fraction of sp³-hybridized carbons (Fsp3) is 0.500. The fourth-order valence-corrected chi connectivity index (χ4v) is 0.656. The molecule has 0 aliphatic carbocycles. The Morgan fingerprint density at radius 2 is 2.60 bits per heavy atom. The Morgan fingerprint density at radius 1 is 1.90 bits per heavy atom. The quantitative estimate of drug-likeness (QED) is 0.611. The van der Waals surface area contributed by atoms with E-state index in [-0.39, 0.29) is 11.5 Å². The number of aromatic nitrogens is 1. The molecule has 0 aliphatic rings. The first-order chi connectivity index (χ1) is 4.74. The third-order valence-corrected chi connectivity index (χ3v) is 1.38. The average Bonchev–Trinajstić information content (AvgIpc) is 2.34. The first kappa shape index (κ1) is 7.08. The largest absolute Gasteiger partial charge is 0.383 e. The maximum absolute atomic E-state index is 10.5. The first-order valence-electron chi connectivity index (χ1n) is 3.12. The van der Waals surface area contributed by atoms with Crippen LogP contribution in [-0.4, -0.2) is 11.7 Å². The summed E-state index contributed by atoms with van der Waals surface area (Å²) in [5.41, 5.74) is 5.12. The Bertz CT molecular complexity index is 250. The molecule has 1 heterocycles. The summed E-state index contributed by atoms with van der Waals surface area (Å²) in [6.45, 7) is 2.38. The molecular formula is C6H10N2O2. The molecule has 3 N–H and O–H groups in total. The normalized spacial score (nSPS) is 13.4. The molecule has 0 aliphatic heterocycles. The van der Waals surface area contributed by atoms with Gasteiger partial charge in [-0.25, -0.2) is 0 Å². The van der Waals surface area contributed by atoms with E-state index in [1.807, 2.05) is 6.92 Å². The standard InChI is InChI=1S/C6H10N2O2/c1-4(3-7)5-2-6(9)8-10-5/h2,4H,3,7H2,1H3,(H,8,9). The van der Waals surface area contributed by atoms with Crippen LogP contribution in [-0.2, 0) is 0 Å². The Hall–Kier alpha value is -1.03. The van der Waals surface area contributed by atoms with Crippen molar-refractivity contribution in [2.75, 3.05) is 6.54 Å². The number of hydrogen-bond acceptors (Lipinski definition) is 3. The van der Waals surface area contributed by atoms with Gasteiger partial charge in [0.2, 0.25) is 0 Å². The zero-order valence-electron chi connectivity index (χ0n) is 5.76. The molecule has 1 atom stereocenters. The summed E-state index contributed by atoms with van der Waals surface area (Å²) in [5, 5.41) is 2.20. The molecule has 1 aromatic rings. The van der Waals surface area contributed by atoms with Crippen molar-refractivity contribution in [3.63, 3.8) is 0 Å². The van der Waals surface area contributed by atoms with Gasteiger partial charge in [-0.15, -0.1) is 0 Å². The van der Waals surface area contributed by atoms with Crippen LogP contribution in [0.4, 0.5) is 0 Å². The highest BCUT2D eigenvalue weighted by atomic mass is 16.5. The predicted octanol–water partition coefficient (Wildman–Crippen LogP) is 0.0301. The van der Waals surface area contributed by atoms with Crippen molar-refractivity contribution in [2.45, 2.75) is 12.8 Å². The van der Waals surface area contributed by atoms with E-state index in [4.69, 9.17) is 10.3 Å². The Labute approximate surface area is 58.0 Å². The smallest absolute Gasteiger partial charge is 0.280 e. The lowest BCUT2D eigenvalue weighted by molar-refractivity contribution is 0.363. The van der Waals surface area contributed by atoms with Crippen molar-refractivity contribution in [2.24, 2.45) is 5.73 Å². The zero-order chi connectivity index (χ0) is 7.56. The van der Waals surface area contributed by atoms with Crippen LogP contribution in [0.2, 0.25) is 0 Å². The second-order valence-corrected chi connectivity index (χ2v) is 2.25. The SMILES string of the molecule is CC(CN)c1cc(=O)[nH]o1. The average molecular weight is 142 g/mol. The number of nitrogens with two attached hydrogens (primary N) is 1. The Morgan fingerprint density at radius 3 is 3.00 bits per heavy atom. The third kappa shape index (κ3) is 1.27. The molecule has 0 fully saturated rings. The fourth-order valence-electron chi connectivity index (χ4n) is 0.656. The van der Waals surface area contributed by atoms with E-state index in [0.717, 1.165) is 0 Å². The van der Waals surface area contributed by atoms with Gasteiger partial charge in [0.15, 0.2) is 0 Å². The number of rotatable bonds is 2. The minimum Gasteiger partial charge on any atom is -0.383 e. The van der Waals surface area contributed by atoms with Crippen LogP contribution < -0.4 is 11.3 Å². The van der Waals surface area contributed by atoms with Gasteiger partial charge in [-0.05, 0) is 0 Å². The number of H-pyrrole nitrogens is 1. The Kier molecular flexibility index (Phi) is 1.91. The second-order valence-electron chi connectivity index (χ2n) is 2.25. The van der Waals surface area contributed by atoms with Crippen LogP contribution in [0.3, 0.4) is 0 Å². The molecule has 0 bridgehead atoms. The lowest BCUT2D eigenvalue weighted by Crippen LogP contribution is -2.08. The van der Waals surface area contributed by atoms with Gasteiger partial charge in [-0.1, -0.05) is 6.92 Å². The molecule has 10 heavy (non-hydrogen) atoms. The predicted molar refractivity (Wildman–Crippen MR) is 36.8 cm³/mol. The minimum absolute atomic E-state index is 0.110. The van der Waals surface area contributed by atoms with Gasteiger partial charge in [0.25, 0.3) is 5.56 Å². The summed E-state index contributed by atoms with van der Waals surface area (Å²) in [6, 6.07) is 1.41. The van der Waals surface area contributed by atoms with Crippen molar-refractivity contribution in [1.82, 2.24) is 5.16 Å². The second kappa shape index (κ2) is 2.70. The third-order valence-electron chi connectivity index (χ3n) is 1.38. The zero-order valence-corrected chi connectivity index (χ0v) is 5.76. The molecule has 0 saturated carbocycles. The van der Waals surface area contributed by atoms with Crippen molar-refractivity contribution < 1.29 is 4.52 Å². The summed E-state index contributed by atoms with van der Waals surface area (Å²) < 4.78 is 4.80. The van der Waals surface area contributed by atoms with E-state index < -0.39 is 0 Å². The van der Waals surface area contributed by atoms with E-state index in [9.17, 15) is 4.79 Å². The lowest BCUT2D eigenvalue weighted by Gasteiger charge is -1.99. The van der Waals surface area contributed by atoms with Crippen LogP contribution in [0.1, 0.15) is 18.6 Å². The van der Waals surface area contributed by atoms with Crippen LogP contribution in [0, 0.1) is 0 Å². The van der Waals surface area contributed by atoms with Crippen molar-refractivity contribution in [3.8, 4) is 0 Å². The van der Waals surface area contributed by atoms with Gasteiger partial charge in [-0.3, -0.25) is 4.79 Å². The molecule has 0 saturated heterocycles. The van der Waals surface area contributed by atoms with Gasteiger partial charge in [0, 0.05) is 18.5 Å². The highest BCUT2D eigenvalue weighted by Gasteiger charge is 2.06.